The molecule has 1 aliphatic heterocycles. The van der Waals surface area contributed by atoms with E-state index in [0.717, 1.165) is 14.2 Å². The van der Waals surface area contributed by atoms with Gasteiger partial charge in [-0.1, -0.05) is 12.1 Å². The van der Waals surface area contributed by atoms with Crippen molar-refractivity contribution in [1.82, 2.24) is 15.6 Å². The van der Waals surface area contributed by atoms with E-state index >= 15 is 0 Å². The summed E-state index contributed by atoms with van der Waals surface area (Å²) in [6, 6.07) is 6.38. The van der Waals surface area contributed by atoms with E-state index in [0.29, 0.717) is 0 Å². The minimum absolute atomic E-state index is 0.0484. The number of rotatable bonds is 2. The molecule has 0 fully saturated rings. The number of pyridine rings is 1. The van der Waals surface area contributed by atoms with Crippen LogP contribution in [0.15, 0.2) is 42.5 Å². The van der Waals surface area contributed by atoms with Gasteiger partial charge in [0.15, 0.2) is 12.1 Å². The van der Waals surface area contributed by atoms with Gasteiger partial charge in [0.1, 0.15) is 24.6 Å². The highest BCUT2D eigenvalue weighted by molar-refractivity contribution is 5.99. The zero-order valence-electron chi connectivity index (χ0n) is 19.1. The lowest BCUT2D eigenvalue weighted by atomic mass is 10.1. The summed E-state index contributed by atoms with van der Waals surface area (Å²) in [6.45, 7) is -1.18. The maximum absolute atomic E-state index is 12.7. The monoisotopic (exact) mass is 499 g/mol. The number of carbonyl (C=O) groups excluding carboxylic acids is 6. The van der Waals surface area contributed by atoms with Crippen molar-refractivity contribution in [3.63, 3.8) is 0 Å². The van der Waals surface area contributed by atoms with E-state index in [-0.39, 0.29) is 22.5 Å². The smallest absolute Gasteiger partial charge is 0.338 e. The van der Waals surface area contributed by atoms with Crippen LogP contribution in [0.2, 0.25) is 0 Å². The van der Waals surface area contributed by atoms with Crippen LogP contribution in [-0.4, -0.2) is 80.2 Å². The van der Waals surface area contributed by atoms with Gasteiger partial charge in [-0.05, 0) is 30.3 Å². The standard InChI is InChI=1S/C23H21N3O10/c1-33-22(31)16-10-35-20(29)12-5-3-6-13(9-12)21(30)36-11-17(23(32)34-2)26-19(28)15-8-4-7-14(24-15)18(27)25-16/h3-9,16-17H,10-11H2,1-2H3,(H,25,27)(H,26,28)/t16-,17?/m0/s1. The van der Waals surface area contributed by atoms with Gasteiger partial charge in [0.25, 0.3) is 11.8 Å². The number of aromatic nitrogens is 1. The molecule has 2 atom stereocenters. The lowest BCUT2D eigenvalue weighted by Crippen LogP contribution is -2.46. The maximum atomic E-state index is 12.7. The highest BCUT2D eigenvalue weighted by atomic mass is 16.6. The second-order valence-electron chi connectivity index (χ2n) is 7.28. The molecule has 3 rings (SSSR count). The van der Waals surface area contributed by atoms with Gasteiger partial charge in [-0.3, -0.25) is 9.59 Å². The second-order valence-corrected chi connectivity index (χ2v) is 7.28. The molecular weight excluding hydrogens is 478 g/mol. The van der Waals surface area contributed by atoms with Crippen molar-refractivity contribution in [3.8, 4) is 0 Å². The predicted molar refractivity (Wildman–Crippen MR) is 118 cm³/mol. The molecular formula is C23H21N3O10. The summed E-state index contributed by atoms with van der Waals surface area (Å²) in [7, 11) is 2.16. The number of amides is 2. The second kappa shape index (κ2) is 11.6. The molecule has 0 radical (unpaired) electrons. The summed E-state index contributed by atoms with van der Waals surface area (Å²) in [6.07, 6.45) is 0. The SMILES string of the molecule is COC(=O)C1COC(=O)c2cccc(c2)C(=O)OC[C@@H](C(=O)OC)NC(=O)c2cccc(n2)C(=O)N1. The third kappa shape index (κ3) is 6.20. The number of cyclic esters (lactones) is 2. The lowest BCUT2D eigenvalue weighted by molar-refractivity contribution is -0.144. The zero-order chi connectivity index (χ0) is 26.2. The fourth-order valence-electron chi connectivity index (χ4n) is 3.03. The van der Waals surface area contributed by atoms with Crippen molar-refractivity contribution in [3.05, 3.63) is 65.0 Å². The van der Waals surface area contributed by atoms with Crippen LogP contribution in [0.1, 0.15) is 41.7 Å². The van der Waals surface area contributed by atoms with Crippen LogP contribution in [0, 0.1) is 0 Å². The molecule has 13 nitrogen and oxygen atoms in total. The van der Waals surface area contributed by atoms with Gasteiger partial charge in [-0.25, -0.2) is 24.2 Å². The molecule has 1 aromatic heterocycles. The highest BCUT2D eigenvalue weighted by Gasteiger charge is 2.28. The summed E-state index contributed by atoms with van der Waals surface area (Å²) in [4.78, 5) is 78.7. The van der Waals surface area contributed by atoms with E-state index in [1.807, 2.05) is 0 Å². The molecule has 2 aromatic rings. The number of ether oxygens (including phenoxy) is 4. The number of fused-ring (bicyclic) bond motifs is 4. The number of benzene rings is 1. The Morgan fingerprint density at radius 1 is 0.778 bits per heavy atom. The quantitative estimate of drug-likeness (QED) is 0.408. The lowest BCUT2D eigenvalue weighted by Gasteiger charge is -2.18. The van der Waals surface area contributed by atoms with Gasteiger partial charge in [0.2, 0.25) is 0 Å². The molecule has 0 spiro atoms. The highest BCUT2D eigenvalue weighted by Crippen LogP contribution is 2.10. The van der Waals surface area contributed by atoms with Gasteiger partial charge in [-0.15, -0.1) is 0 Å². The average molecular weight is 499 g/mol. The van der Waals surface area contributed by atoms with E-state index in [2.05, 4.69) is 25.1 Å². The minimum atomic E-state index is -1.40. The van der Waals surface area contributed by atoms with Crippen LogP contribution in [-0.2, 0) is 28.5 Å². The first kappa shape index (κ1) is 25.8. The van der Waals surface area contributed by atoms with Crippen molar-refractivity contribution in [2.75, 3.05) is 27.4 Å². The first-order valence-electron chi connectivity index (χ1n) is 10.4. The van der Waals surface area contributed by atoms with Crippen LogP contribution in [0.25, 0.3) is 0 Å². The summed E-state index contributed by atoms with van der Waals surface area (Å²) in [5, 5.41) is 4.67. The molecule has 188 valence electrons. The Labute approximate surface area is 204 Å². The molecule has 2 N–H and O–H groups in total. The molecule has 0 aliphatic carbocycles. The zero-order valence-corrected chi connectivity index (χ0v) is 19.1. The van der Waals surface area contributed by atoms with E-state index in [9.17, 15) is 28.8 Å². The number of methoxy groups -OCH3 is 2. The predicted octanol–water partition coefficient (Wildman–Crippen LogP) is -0.348. The van der Waals surface area contributed by atoms with Gasteiger partial charge in [-0.2, -0.15) is 0 Å². The normalized spacial score (nSPS) is 18.8. The first-order valence-corrected chi connectivity index (χ1v) is 10.4. The van der Waals surface area contributed by atoms with Crippen molar-refractivity contribution < 1.29 is 47.7 Å². The summed E-state index contributed by atoms with van der Waals surface area (Å²) in [5.41, 5.74) is -0.601. The van der Waals surface area contributed by atoms with Crippen molar-refractivity contribution in [2.45, 2.75) is 12.1 Å². The molecule has 1 aliphatic rings. The Morgan fingerprint density at radius 3 is 1.61 bits per heavy atom. The van der Waals surface area contributed by atoms with Gasteiger partial charge in [0, 0.05) is 0 Å². The number of hydrogen-bond acceptors (Lipinski definition) is 11. The Hall–Kier alpha value is -4.81. The number of esters is 4. The fourth-order valence-corrected chi connectivity index (χ4v) is 3.03. The summed E-state index contributed by atoms with van der Waals surface area (Å²) in [5.74, 6) is -5.33. The molecule has 1 unspecified atom stereocenters. The Morgan fingerprint density at radius 2 is 1.19 bits per heavy atom. The number of nitrogens with one attached hydrogen (secondary N) is 2. The minimum Gasteiger partial charge on any atom is -0.467 e. The van der Waals surface area contributed by atoms with E-state index in [1.165, 1.54) is 42.5 Å². The molecule has 13 heteroatoms. The summed E-state index contributed by atoms with van der Waals surface area (Å²) < 4.78 is 19.6. The van der Waals surface area contributed by atoms with Gasteiger partial charge >= 0.3 is 23.9 Å². The van der Waals surface area contributed by atoms with E-state index in [4.69, 9.17) is 9.47 Å². The average Bonchev–Trinajstić information content (AvgIpc) is 2.91. The molecule has 4 bridgehead atoms. The topological polar surface area (TPSA) is 176 Å². The van der Waals surface area contributed by atoms with Crippen LogP contribution in [0.4, 0.5) is 0 Å². The molecule has 1 aromatic carbocycles. The molecule has 2 amide bonds. The van der Waals surface area contributed by atoms with Gasteiger partial charge < -0.3 is 29.6 Å². The summed E-state index contributed by atoms with van der Waals surface area (Å²) >= 11 is 0. The van der Waals surface area contributed by atoms with E-state index in [1.54, 1.807) is 0 Å². The van der Waals surface area contributed by atoms with Crippen molar-refractivity contribution >= 4 is 35.7 Å². The van der Waals surface area contributed by atoms with E-state index < -0.39 is 61.0 Å². The van der Waals surface area contributed by atoms with Crippen molar-refractivity contribution in [2.24, 2.45) is 0 Å². The molecule has 2 heterocycles. The molecule has 0 saturated carbocycles. The molecule has 0 saturated heterocycles. The van der Waals surface area contributed by atoms with Crippen molar-refractivity contribution in [1.29, 1.82) is 0 Å². The molecule has 36 heavy (non-hydrogen) atoms. The maximum Gasteiger partial charge on any atom is 0.338 e. The fraction of sp³-hybridized carbons (Fsp3) is 0.261. The largest absolute Gasteiger partial charge is 0.467 e. The Kier molecular flexibility index (Phi) is 8.28. The third-order valence-corrected chi connectivity index (χ3v) is 4.89. The first-order chi connectivity index (χ1) is 17.2. The Bertz CT molecular complexity index is 1130. The van der Waals surface area contributed by atoms with Gasteiger partial charge in [0.05, 0.1) is 25.3 Å². The number of nitrogens with zero attached hydrogens (tertiary/aromatic N) is 1. The van der Waals surface area contributed by atoms with Crippen LogP contribution in [0.3, 0.4) is 0 Å². The number of hydrogen-bond donors (Lipinski definition) is 2. The van der Waals surface area contributed by atoms with Crippen LogP contribution >= 0.6 is 0 Å². The Balaban J connectivity index is 1.99. The third-order valence-electron chi connectivity index (χ3n) is 4.89. The van der Waals surface area contributed by atoms with Crippen LogP contribution in [0.5, 0.6) is 0 Å². The number of carbonyl (C=O) groups is 6. The van der Waals surface area contributed by atoms with Crippen LogP contribution < -0.4 is 10.6 Å².